The molecule has 1 amide bonds. The number of methoxy groups -OCH3 is 2. The molecule has 0 saturated carbocycles. The molecule has 0 aliphatic carbocycles. The van der Waals surface area contributed by atoms with E-state index in [0.717, 1.165) is 21.3 Å². The van der Waals surface area contributed by atoms with Gasteiger partial charge in [-0.15, -0.1) is 0 Å². The molecule has 2 aromatic rings. The molecular weight excluding hydrogens is 452 g/mol. The topological polar surface area (TPSA) is 59.9 Å². The van der Waals surface area contributed by atoms with E-state index in [2.05, 4.69) is 26.2 Å². The standard InChI is InChI=1S/C19H16BrClN2O3S/c1-10-13(21)5-4-6-14(10)22-19-23-18(24)17(27-19)8-11-7-12(20)16(26-3)9-15(11)25-2/h4-9H,1-3H3,(H,22,23,24). The molecule has 2 aromatic carbocycles. The Bertz CT molecular complexity index is 976. The summed E-state index contributed by atoms with van der Waals surface area (Å²) >= 11 is 10.8. The van der Waals surface area contributed by atoms with E-state index < -0.39 is 0 Å². The fourth-order valence-corrected chi connectivity index (χ4v) is 3.96. The number of carbonyl (C=O) groups excluding carboxylic acids is 1. The molecule has 1 aliphatic rings. The number of thioether (sulfide) groups is 1. The second-order valence-corrected chi connectivity index (χ2v) is 7.89. The number of hydrogen-bond donors (Lipinski definition) is 1. The summed E-state index contributed by atoms with van der Waals surface area (Å²) < 4.78 is 11.5. The number of ether oxygens (including phenoxy) is 2. The molecule has 1 saturated heterocycles. The molecule has 0 radical (unpaired) electrons. The van der Waals surface area contributed by atoms with E-state index in [0.29, 0.717) is 26.6 Å². The summed E-state index contributed by atoms with van der Waals surface area (Å²) in [5, 5.41) is 3.92. The second-order valence-electron chi connectivity index (χ2n) is 5.59. The van der Waals surface area contributed by atoms with E-state index in [1.54, 1.807) is 32.4 Å². The molecule has 5 nitrogen and oxygen atoms in total. The number of carbonyl (C=O) groups is 1. The minimum absolute atomic E-state index is 0.215. The van der Waals surface area contributed by atoms with Crippen LogP contribution in [0.3, 0.4) is 0 Å². The summed E-state index contributed by atoms with van der Waals surface area (Å²) in [6, 6.07) is 9.09. The van der Waals surface area contributed by atoms with Gasteiger partial charge in [0, 0.05) is 16.7 Å². The summed E-state index contributed by atoms with van der Waals surface area (Å²) in [4.78, 5) is 17.4. The van der Waals surface area contributed by atoms with Crippen molar-refractivity contribution in [3.63, 3.8) is 0 Å². The number of amidine groups is 1. The number of hydrogen-bond acceptors (Lipinski definition) is 5. The van der Waals surface area contributed by atoms with Crippen LogP contribution in [-0.2, 0) is 4.79 Å². The molecule has 1 heterocycles. The Hall–Kier alpha value is -1.96. The molecule has 3 rings (SSSR count). The van der Waals surface area contributed by atoms with E-state index in [4.69, 9.17) is 21.1 Å². The fraction of sp³-hybridized carbons (Fsp3) is 0.158. The number of nitrogens with one attached hydrogen (secondary N) is 1. The highest BCUT2D eigenvalue weighted by Gasteiger charge is 2.25. The van der Waals surface area contributed by atoms with Crippen molar-refractivity contribution in [2.24, 2.45) is 4.99 Å². The maximum absolute atomic E-state index is 12.4. The number of nitrogens with zero attached hydrogens (tertiary/aromatic N) is 1. The van der Waals surface area contributed by atoms with Crippen LogP contribution < -0.4 is 14.8 Å². The van der Waals surface area contributed by atoms with Gasteiger partial charge in [-0.05, 0) is 64.5 Å². The zero-order chi connectivity index (χ0) is 19.6. The highest BCUT2D eigenvalue weighted by atomic mass is 79.9. The molecule has 1 fully saturated rings. The van der Waals surface area contributed by atoms with E-state index in [-0.39, 0.29) is 5.91 Å². The molecule has 1 N–H and O–H groups in total. The van der Waals surface area contributed by atoms with Crippen molar-refractivity contribution in [1.29, 1.82) is 0 Å². The van der Waals surface area contributed by atoms with E-state index in [1.807, 2.05) is 25.1 Å². The normalized spacial score (nSPS) is 16.7. The average Bonchev–Trinajstić information content (AvgIpc) is 2.98. The number of halogens is 2. The van der Waals surface area contributed by atoms with Crippen molar-refractivity contribution in [3.8, 4) is 11.5 Å². The Morgan fingerprint density at radius 2 is 1.96 bits per heavy atom. The van der Waals surface area contributed by atoms with Crippen molar-refractivity contribution in [3.05, 3.63) is 55.9 Å². The lowest BCUT2D eigenvalue weighted by Crippen LogP contribution is -2.19. The summed E-state index contributed by atoms with van der Waals surface area (Å²) in [5.41, 5.74) is 2.33. The smallest absolute Gasteiger partial charge is 0.264 e. The van der Waals surface area contributed by atoms with Gasteiger partial charge in [-0.2, -0.15) is 0 Å². The number of rotatable bonds is 4. The van der Waals surface area contributed by atoms with Crippen LogP contribution in [0.5, 0.6) is 11.5 Å². The summed E-state index contributed by atoms with van der Waals surface area (Å²) in [6.45, 7) is 1.89. The van der Waals surface area contributed by atoms with Crippen LogP contribution in [0, 0.1) is 6.92 Å². The van der Waals surface area contributed by atoms with Gasteiger partial charge < -0.3 is 14.8 Å². The van der Waals surface area contributed by atoms with Crippen molar-refractivity contribution in [1.82, 2.24) is 5.32 Å². The van der Waals surface area contributed by atoms with Crippen LogP contribution in [0.15, 0.2) is 44.7 Å². The van der Waals surface area contributed by atoms with Gasteiger partial charge in [0.2, 0.25) is 0 Å². The molecule has 0 aromatic heterocycles. The van der Waals surface area contributed by atoms with Gasteiger partial charge in [0.25, 0.3) is 5.91 Å². The zero-order valence-electron chi connectivity index (χ0n) is 14.8. The van der Waals surface area contributed by atoms with E-state index in [1.165, 1.54) is 11.8 Å². The first kappa shape index (κ1) is 19.8. The van der Waals surface area contributed by atoms with Crippen LogP contribution >= 0.6 is 39.3 Å². The van der Waals surface area contributed by atoms with Gasteiger partial charge >= 0.3 is 0 Å². The minimum atomic E-state index is -0.215. The van der Waals surface area contributed by atoms with Gasteiger partial charge in [-0.1, -0.05) is 17.7 Å². The van der Waals surface area contributed by atoms with Gasteiger partial charge in [0.05, 0.1) is 29.3 Å². The Balaban J connectivity index is 1.93. The van der Waals surface area contributed by atoms with Gasteiger partial charge in [0.1, 0.15) is 11.5 Å². The predicted molar refractivity (Wildman–Crippen MR) is 114 cm³/mol. The minimum Gasteiger partial charge on any atom is -0.496 e. The molecule has 8 heteroatoms. The lowest BCUT2D eigenvalue weighted by molar-refractivity contribution is -0.115. The third-order valence-corrected chi connectivity index (χ3v) is 5.84. The largest absolute Gasteiger partial charge is 0.496 e. The number of amides is 1. The van der Waals surface area contributed by atoms with Crippen molar-refractivity contribution in [2.75, 3.05) is 14.2 Å². The Morgan fingerprint density at radius 3 is 2.67 bits per heavy atom. The Labute approximate surface area is 174 Å². The first-order chi connectivity index (χ1) is 12.9. The van der Waals surface area contributed by atoms with Crippen LogP contribution in [0.2, 0.25) is 5.02 Å². The summed E-state index contributed by atoms with van der Waals surface area (Å²) in [5.74, 6) is 1.04. The van der Waals surface area contributed by atoms with Crippen LogP contribution in [0.25, 0.3) is 6.08 Å². The predicted octanol–water partition coefficient (Wildman–Crippen LogP) is 5.32. The summed E-state index contributed by atoms with van der Waals surface area (Å²) in [7, 11) is 3.15. The van der Waals surface area contributed by atoms with Crippen LogP contribution in [-0.4, -0.2) is 25.3 Å². The van der Waals surface area contributed by atoms with Crippen molar-refractivity contribution >= 4 is 62.1 Å². The monoisotopic (exact) mass is 466 g/mol. The van der Waals surface area contributed by atoms with Crippen molar-refractivity contribution < 1.29 is 14.3 Å². The Morgan fingerprint density at radius 1 is 1.22 bits per heavy atom. The zero-order valence-corrected chi connectivity index (χ0v) is 18.0. The Kier molecular flexibility index (Phi) is 6.14. The van der Waals surface area contributed by atoms with Gasteiger partial charge in [-0.25, -0.2) is 4.99 Å². The molecule has 27 heavy (non-hydrogen) atoms. The number of aliphatic imine (C=N–C) groups is 1. The third-order valence-electron chi connectivity index (χ3n) is 3.90. The molecule has 0 atom stereocenters. The average molecular weight is 468 g/mol. The van der Waals surface area contributed by atoms with Gasteiger partial charge in [0.15, 0.2) is 5.17 Å². The van der Waals surface area contributed by atoms with E-state index >= 15 is 0 Å². The molecule has 0 unspecified atom stereocenters. The maximum Gasteiger partial charge on any atom is 0.264 e. The van der Waals surface area contributed by atoms with Crippen LogP contribution in [0.1, 0.15) is 11.1 Å². The highest BCUT2D eigenvalue weighted by molar-refractivity contribution is 9.10. The molecule has 0 bridgehead atoms. The maximum atomic E-state index is 12.4. The lowest BCUT2D eigenvalue weighted by atomic mass is 10.1. The van der Waals surface area contributed by atoms with Crippen molar-refractivity contribution in [2.45, 2.75) is 6.92 Å². The second kappa shape index (κ2) is 8.37. The number of benzene rings is 2. The summed E-state index contributed by atoms with van der Waals surface area (Å²) in [6.07, 6.45) is 1.76. The molecule has 140 valence electrons. The fourth-order valence-electron chi connectivity index (χ4n) is 2.44. The van der Waals surface area contributed by atoms with Crippen LogP contribution in [0.4, 0.5) is 5.69 Å². The molecular formula is C19H16BrClN2O3S. The first-order valence-electron chi connectivity index (χ1n) is 7.89. The van der Waals surface area contributed by atoms with Gasteiger partial charge in [-0.3, -0.25) is 4.79 Å². The third kappa shape index (κ3) is 4.31. The lowest BCUT2D eigenvalue weighted by Gasteiger charge is -2.10. The molecule has 1 aliphatic heterocycles. The molecule has 0 spiro atoms. The quantitative estimate of drug-likeness (QED) is 0.618. The highest BCUT2D eigenvalue weighted by Crippen LogP contribution is 2.36. The van der Waals surface area contributed by atoms with E-state index in [9.17, 15) is 4.79 Å². The first-order valence-corrected chi connectivity index (χ1v) is 9.88. The SMILES string of the molecule is COc1cc(OC)c(C=C2SC(=Nc3cccc(Cl)c3C)NC2=O)cc1Br.